The van der Waals surface area contributed by atoms with E-state index in [1.54, 1.807) is 0 Å². The van der Waals surface area contributed by atoms with Crippen LogP contribution in [0, 0.1) is 5.92 Å². The average Bonchev–Trinajstić information content (AvgIpc) is 2.05. The SMILES string of the molecule is O=C(O)NCCC1CCOCC1. The highest BCUT2D eigenvalue weighted by Crippen LogP contribution is 2.17. The van der Waals surface area contributed by atoms with Gasteiger partial charge in [0.1, 0.15) is 0 Å². The van der Waals surface area contributed by atoms with E-state index in [0.717, 1.165) is 32.5 Å². The Morgan fingerprint density at radius 1 is 1.50 bits per heavy atom. The molecule has 1 aliphatic heterocycles. The summed E-state index contributed by atoms with van der Waals surface area (Å²) in [5.74, 6) is 0.644. The minimum Gasteiger partial charge on any atom is -0.465 e. The van der Waals surface area contributed by atoms with Crippen LogP contribution >= 0.6 is 0 Å². The number of carbonyl (C=O) groups is 1. The summed E-state index contributed by atoms with van der Waals surface area (Å²) in [5, 5.41) is 10.7. The molecule has 0 saturated carbocycles. The molecule has 70 valence electrons. The van der Waals surface area contributed by atoms with Gasteiger partial charge in [0.25, 0.3) is 0 Å². The number of ether oxygens (including phenoxy) is 1. The Morgan fingerprint density at radius 2 is 2.17 bits per heavy atom. The molecule has 0 unspecified atom stereocenters. The summed E-state index contributed by atoms with van der Waals surface area (Å²) in [4.78, 5) is 10.1. The highest BCUT2D eigenvalue weighted by atomic mass is 16.5. The summed E-state index contributed by atoms with van der Waals surface area (Å²) in [6.07, 6.45) is 2.15. The molecule has 1 rings (SSSR count). The van der Waals surface area contributed by atoms with Crippen LogP contribution in [0.5, 0.6) is 0 Å². The van der Waals surface area contributed by atoms with E-state index < -0.39 is 6.09 Å². The van der Waals surface area contributed by atoms with Gasteiger partial charge in [-0.25, -0.2) is 4.79 Å². The molecule has 4 nitrogen and oxygen atoms in total. The van der Waals surface area contributed by atoms with Gasteiger partial charge in [-0.1, -0.05) is 0 Å². The predicted molar refractivity (Wildman–Crippen MR) is 44.2 cm³/mol. The monoisotopic (exact) mass is 173 g/mol. The second-order valence-electron chi connectivity index (χ2n) is 3.08. The minimum absolute atomic E-state index is 0.569. The van der Waals surface area contributed by atoms with Gasteiger partial charge in [-0.2, -0.15) is 0 Å². The van der Waals surface area contributed by atoms with Gasteiger partial charge >= 0.3 is 6.09 Å². The van der Waals surface area contributed by atoms with Crippen molar-refractivity contribution in [3.05, 3.63) is 0 Å². The normalized spacial score (nSPS) is 19.0. The topological polar surface area (TPSA) is 58.6 Å². The van der Waals surface area contributed by atoms with Crippen LogP contribution in [0.4, 0.5) is 4.79 Å². The van der Waals surface area contributed by atoms with Crippen molar-refractivity contribution in [3.63, 3.8) is 0 Å². The van der Waals surface area contributed by atoms with Crippen LogP contribution in [0.3, 0.4) is 0 Å². The molecule has 1 aliphatic rings. The predicted octanol–water partition coefficient (Wildman–Crippen LogP) is 1.07. The van der Waals surface area contributed by atoms with Gasteiger partial charge in [0, 0.05) is 19.8 Å². The van der Waals surface area contributed by atoms with Gasteiger partial charge in [0.2, 0.25) is 0 Å². The van der Waals surface area contributed by atoms with E-state index in [1.165, 1.54) is 0 Å². The van der Waals surface area contributed by atoms with E-state index in [4.69, 9.17) is 9.84 Å². The summed E-state index contributed by atoms with van der Waals surface area (Å²) in [6, 6.07) is 0. The van der Waals surface area contributed by atoms with Crippen LogP contribution in [-0.4, -0.2) is 31.0 Å². The molecule has 0 aromatic rings. The van der Waals surface area contributed by atoms with Crippen molar-refractivity contribution in [2.24, 2.45) is 5.92 Å². The van der Waals surface area contributed by atoms with Gasteiger partial charge in [0.05, 0.1) is 0 Å². The Balaban J connectivity index is 2.01. The van der Waals surface area contributed by atoms with E-state index in [9.17, 15) is 4.79 Å². The second-order valence-corrected chi connectivity index (χ2v) is 3.08. The third kappa shape index (κ3) is 3.57. The molecular weight excluding hydrogens is 158 g/mol. The lowest BCUT2D eigenvalue weighted by atomic mass is 9.97. The molecule has 2 N–H and O–H groups in total. The Kier molecular flexibility index (Phi) is 3.87. The first-order valence-electron chi connectivity index (χ1n) is 4.33. The fourth-order valence-electron chi connectivity index (χ4n) is 1.42. The zero-order valence-electron chi connectivity index (χ0n) is 7.08. The Morgan fingerprint density at radius 3 is 2.75 bits per heavy atom. The lowest BCUT2D eigenvalue weighted by Crippen LogP contribution is -2.25. The molecule has 0 aromatic carbocycles. The quantitative estimate of drug-likeness (QED) is 0.671. The maximum atomic E-state index is 10.1. The van der Waals surface area contributed by atoms with Gasteiger partial charge in [0.15, 0.2) is 0 Å². The number of hydrogen-bond acceptors (Lipinski definition) is 2. The lowest BCUT2D eigenvalue weighted by Gasteiger charge is -2.21. The summed E-state index contributed by atoms with van der Waals surface area (Å²) < 4.78 is 5.19. The summed E-state index contributed by atoms with van der Waals surface area (Å²) in [5.41, 5.74) is 0. The maximum absolute atomic E-state index is 10.1. The number of rotatable bonds is 3. The first-order chi connectivity index (χ1) is 5.79. The Bertz CT molecular complexity index is 143. The number of amides is 1. The first kappa shape index (κ1) is 9.32. The van der Waals surface area contributed by atoms with Gasteiger partial charge in [-0.15, -0.1) is 0 Å². The van der Waals surface area contributed by atoms with Gasteiger partial charge < -0.3 is 15.2 Å². The number of carboxylic acid groups (broad SMARTS) is 1. The molecule has 0 bridgehead atoms. The molecule has 1 amide bonds. The summed E-state index contributed by atoms with van der Waals surface area (Å²) in [7, 11) is 0. The molecule has 0 radical (unpaired) electrons. The zero-order valence-corrected chi connectivity index (χ0v) is 7.08. The van der Waals surface area contributed by atoms with Crippen molar-refractivity contribution >= 4 is 6.09 Å². The molecule has 0 spiro atoms. The fourth-order valence-corrected chi connectivity index (χ4v) is 1.42. The van der Waals surface area contributed by atoms with Crippen LogP contribution < -0.4 is 5.32 Å². The third-order valence-corrected chi connectivity index (χ3v) is 2.17. The van der Waals surface area contributed by atoms with Crippen molar-refractivity contribution in [3.8, 4) is 0 Å². The minimum atomic E-state index is -0.929. The second kappa shape index (κ2) is 4.98. The third-order valence-electron chi connectivity index (χ3n) is 2.17. The molecule has 1 heterocycles. The number of hydrogen-bond donors (Lipinski definition) is 2. The summed E-state index contributed by atoms with van der Waals surface area (Å²) >= 11 is 0. The van der Waals surface area contributed by atoms with Gasteiger partial charge in [-0.3, -0.25) is 0 Å². The molecular formula is C8H15NO3. The van der Waals surface area contributed by atoms with E-state index in [0.29, 0.717) is 12.5 Å². The van der Waals surface area contributed by atoms with E-state index in [1.807, 2.05) is 0 Å². The standard InChI is InChI=1S/C8H15NO3/c10-8(11)9-4-1-7-2-5-12-6-3-7/h7,9H,1-6H2,(H,10,11). The average molecular weight is 173 g/mol. The Hall–Kier alpha value is -0.770. The summed E-state index contributed by atoms with van der Waals surface area (Å²) in [6.45, 7) is 2.23. The van der Waals surface area contributed by atoms with Crippen LogP contribution in [-0.2, 0) is 4.74 Å². The molecule has 1 saturated heterocycles. The van der Waals surface area contributed by atoms with E-state index in [2.05, 4.69) is 5.32 Å². The van der Waals surface area contributed by atoms with Crippen LogP contribution in [0.15, 0.2) is 0 Å². The number of nitrogens with one attached hydrogen (secondary N) is 1. The molecule has 12 heavy (non-hydrogen) atoms. The largest absolute Gasteiger partial charge is 0.465 e. The van der Waals surface area contributed by atoms with Crippen LogP contribution in [0.25, 0.3) is 0 Å². The van der Waals surface area contributed by atoms with Crippen molar-refractivity contribution < 1.29 is 14.6 Å². The molecule has 0 atom stereocenters. The van der Waals surface area contributed by atoms with Crippen molar-refractivity contribution in [2.75, 3.05) is 19.8 Å². The smallest absolute Gasteiger partial charge is 0.404 e. The van der Waals surface area contributed by atoms with Crippen LogP contribution in [0.2, 0.25) is 0 Å². The molecule has 4 heteroatoms. The lowest BCUT2D eigenvalue weighted by molar-refractivity contribution is 0.0640. The van der Waals surface area contributed by atoms with Crippen molar-refractivity contribution in [1.82, 2.24) is 5.32 Å². The van der Waals surface area contributed by atoms with Crippen molar-refractivity contribution in [1.29, 1.82) is 0 Å². The highest BCUT2D eigenvalue weighted by molar-refractivity contribution is 5.64. The Labute approximate surface area is 71.9 Å². The van der Waals surface area contributed by atoms with Crippen molar-refractivity contribution in [2.45, 2.75) is 19.3 Å². The maximum Gasteiger partial charge on any atom is 0.404 e. The fraction of sp³-hybridized carbons (Fsp3) is 0.875. The first-order valence-corrected chi connectivity index (χ1v) is 4.33. The van der Waals surface area contributed by atoms with E-state index >= 15 is 0 Å². The van der Waals surface area contributed by atoms with Crippen LogP contribution in [0.1, 0.15) is 19.3 Å². The zero-order chi connectivity index (χ0) is 8.81. The molecule has 0 aliphatic carbocycles. The van der Waals surface area contributed by atoms with E-state index in [-0.39, 0.29) is 0 Å². The molecule has 0 aromatic heterocycles. The highest BCUT2D eigenvalue weighted by Gasteiger charge is 2.13. The van der Waals surface area contributed by atoms with Gasteiger partial charge in [-0.05, 0) is 25.2 Å². The molecule has 1 fully saturated rings.